The standard InChI is InChI=1S/C25H29FN2O4S2/c1-20-12-15-33-24(20)17-27(16-21-8-10-23(26)11-9-21)25(29)18-28(13-14-32-2)34(30,31)19-22-6-4-3-5-7-22/h3-12,15H,13-14,16-19H2,1-2H3. The minimum atomic E-state index is -3.77. The highest BCUT2D eigenvalue weighted by Gasteiger charge is 2.27. The molecule has 0 aliphatic carbocycles. The summed E-state index contributed by atoms with van der Waals surface area (Å²) in [5, 5.41) is 1.96. The Bertz CT molecular complexity index is 1170. The van der Waals surface area contributed by atoms with Gasteiger partial charge >= 0.3 is 0 Å². The summed E-state index contributed by atoms with van der Waals surface area (Å²) in [6.45, 7) is 2.50. The van der Waals surface area contributed by atoms with E-state index in [1.807, 2.05) is 24.4 Å². The lowest BCUT2D eigenvalue weighted by Crippen LogP contribution is -2.44. The van der Waals surface area contributed by atoms with Crippen LogP contribution in [0.5, 0.6) is 0 Å². The van der Waals surface area contributed by atoms with Gasteiger partial charge in [-0.2, -0.15) is 4.31 Å². The fourth-order valence-corrected chi connectivity index (χ4v) is 5.80. The average Bonchev–Trinajstić information content (AvgIpc) is 3.22. The summed E-state index contributed by atoms with van der Waals surface area (Å²) in [6, 6.07) is 16.8. The van der Waals surface area contributed by atoms with Crippen molar-refractivity contribution in [3.8, 4) is 0 Å². The molecule has 1 amide bonds. The van der Waals surface area contributed by atoms with Crippen LogP contribution in [-0.2, 0) is 38.4 Å². The molecule has 0 bridgehead atoms. The summed E-state index contributed by atoms with van der Waals surface area (Å²) >= 11 is 1.54. The number of thiophene rings is 1. The first-order chi connectivity index (χ1) is 16.3. The number of halogens is 1. The van der Waals surface area contributed by atoms with Crippen molar-refractivity contribution in [2.24, 2.45) is 0 Å². The predicted octanol–water partition coefficient (Wildman–Crippen LogP) is 4.20. The van der Waals surface area contributed by atoms with Gasteiger partial charge in [0, 0.05) is 25.1 Å². The number of aryl methyl sites for hydroxylation is 1. The Morgan fingerprint density at radius 2 is 1.71 bits per heavy atom. The number of rotatable bonds is 12. The lowest BCUT2D eigenvalue weighted by molar-refractivity contribution is -0.132. The molecule has 0 N–H and O–H groups in total. The van der Waals surface area contributed by atoms with Crippen LogP contribution in [0.15, 0.2) is 66.0 Å². The van der Waals surface area contributed by atoms with Gasteiger partial charge in [0.15, 0.2) is 0 Å². The molecule has 34 heavy (non-hydrogen) atoms. The van der Waals surface area contributed by atoms with E-state index in [1.54, 1.807) is 52.6 Å². The molecule has 0 spiro atoms. The lowest BCUT2D eigenvalue weighted by Gasteiger charge is -2.27. The highest BCUT2D eigenvalue weighted by Crippen LogP contribution is 2.20. The zero-order chi connectivity index (χ0) is 24.6. The van der Waals surface area contributed by atoms with Crippen molar-refractivity contribution in [3.05, 3.63) is 93.4 Å². The first kappa shape index (κ1) is 26.0. The molecule has 1 heterocycles. The molecule has 0 saturated carbocycles. The number of sulfonamides is 1. The molecule has 0 atom stereocenters. The van der Waals surface area contributed by atoms with Gasteiger partial charge in [-0.1, -0.05) is 42.5 Å². The second-order valence-corrected chi connectivity index (χ2v) is 10.9. The number of amides is 1. The number of nitrogens with zero attached hydrogens (tertiary/aromatic N) is 2. The van der Waals surface area contributed by atoms with E-state index < -0.39 is 10.0 Å². The Balaban J connectivity index is 1.82. The normalized spacial score (nSPS) is 11.6. The third-order valence-corrected chi connectivity index (χ3v) is 8.19. The van der Waals surface area contributed by atoms with Crippen molar-refractivity contribution in [3.63, 3.8) is 0 Å². The highest BCUT2D eigenvalue weighted by molar-refractivity contribution is 7.88. The molecule has 3 aromatic rings. The minimum Gasteiger partial charge on any atom is -0.383 e. The Kier molecular flexibility index (Phi) is 9.35. The lowest BCUT2D eigenvalue weighted by atomic mass is 10.2. The Morgan fingerprint density at radius 1 is 1.00 bits per heavy atom. The number of carbonyl (C=O) groups excluding carboxylic acids is 1. The van der Waals surface area contributed by atoms with Crippen LogP contribution in [-0.4, -0.2) is 50.3 Å². The summed E-state index contributed by atoms with van der Waals surface area (Å²) < 4.78 is 46.0. The van der Waals surface area contributed by atoms with Gasteiger partial charge in [-0.15, -0.1) is 11.3 Å². The maximum atomic E-state index is 13.4. The third-order valence-electron chi connectivity index (χ3n) is 5.38. The number of hydrogen-bond donors (Lipinski definition) is 0. The molecule has 3 rings (SSSR count). The van der Waals surface area contributed by atoms with Crippen LogP contribution in [0.2, 0.25) is 0 Å². The summed E-state index contributed by atoms with van der Waals surface area (Å²) in [5.74, 6) is -0.884. The number of benzene rings is 2. The maximum Gasteiger partial charge on any atom is 0.238 e. The summed E-state index contributed by atoms with van der Waals surface area (Å²) in [5.41, 5.74) is 2.48. The van der Waals surface area contributed by atoms with E-state index >= 15 is 0 Å². The van der Waals surface area contributed by atoms with Gasteiger partial charge in [0.25, 0.3) is 0 Å². The maximum absolute atomic E-state index is 13.4. The molecule has 1 aromatic heterocycles. The largest absolute Gasteiger partial charge is 0.383 e. The molecule has 0 unspecified atom stereocenters. The molecular weight excluding hydrogens is 475 g/mol. The molecule has 0 saturated heterocycles. The van der Waals surface area contributed by atoms with Gasteiger partial charge in [-0.05, 0) is 47.2 Å². The Morgan fingerprint density at radius 3 is 2.32 bits per heavy atom. The number of methoxy groups -OCH3 is 1. The van der Waals surface area contributed by atoms with E-state index in [4.69, 9.17) is 4.74 Å². The monoisotopic (exact) mass is 504 g/mol. The van der Waals surface area contributed by atoms with Gasteiger partial charge in [0.1, 0.15) is 5.82 Å². The molecular formula is C25H29FN2O4S2. The fraction of sp³-hybridized carbons (Fsp3) is 0.320. The van der Waals surface area contributed by atoms with Gasteiger partial charge in [-0.25, -0.2) is 12.8 Å². The van der Waals surface area contributed by atoms with Gasteiger partial charge in [-0.3, -0.25) is 4.79 Å². The van der Waals surface area contributed by atoms with Crippen molar-refractivity contribution < 1.29 is 22.3 Å². The first-order valence-electron chi connectivity index (χ1n) is 10.8. The number of carbonyl (C=O) groups is 1. The van der Waals surface area contributed by atoms with E-state index in [-0.39, 0.29) is 43.7 Å². The molecule has 0 radical (unpaired) electrons. The van der Waals surface area contributed by atoms with Gasteiger partial charge in [0.05, 0.1) is 25.4 Å². The molecule has 182 valence electrons. The summed E-state index contributed by atoms with van der Waals surface area (Å²) in [6.07, 6.45) is 0. The van der Waals surface area contributed by atoms with E-state index in [0.29, 0.717) is 12.1 Å². The predicted molar refractivity (Wildman–Crippen MR) is 132 cm³/mol. The molecule has 0 fully saturated rings. The number of hydrogen-bond acceptors (Lipinski definition) is 5. The minimum absolute atomic E-state index is 0.0693. The summed E-state index contributed by atoms with van der Waals surface area (Å²) in [4.78, 5) is 16.1. The van der Waals surface area contributed by atoms with E-state index in [0.717, 1.165) is 16.0 Å². The van der Waals surface area contributed by atoms with E-state index in [9.17, 15) is 17.6 Å². The van der Waals surface area contributed by atoms with E-state index in [2.05, 4.69) is 0 Å². The van der Waals surface area contributed by atoms with Crippen LogP contribution in [0.3, 0.4) is 0 Å². The zero-order valence-electron chi connectivity index (χ0n) is 19.3. The van der Waals surface area contributed by atoms with Crippen LogP contribution in [0, 0.1) is 12.7 Å². The molecule has 0 aliphatic heterocycles. The van der Waals surface area contributed by atoms with Crippen molar-refractivity contribution in [1.82, 2.24) is 9.21 Å². The average molecular weight is 505 g/mol. The van der Waals surface area contributed by atoms with Gasteiger partial charge in [0.2, 0.25) is 15.9 Å². The van der Waals surface area contributed by atoms with Crippen molar-refractivity contribution in [1.29, 1.82) is 0 Å². The van der Waals surface area contributed by atoms with Crippen molar-refractivity contribution in [2.45, 2.75) is 25.8 Å². The van der Waals surface area contributed by atoms with Crippen LogP contribution < -0.4 is 0 Å². The molecule has 9 heteroatoms. The quantitative estimate of drug-likeness (QED) is 0.371. The molecule has 0 aliphatic rings. The second kappa shape index (κ2) is 12.2. The topological polar surface area (TPSA) is 66.9 Å². The Labute approximate surface area is 204 Å². The van der Waals surface area contributed by atoms with E-state index in [1.165, 1.54) is 23.5 Å². The van der Waals surface area contributed by atoms with Gasteiger partial charge < -0.3 is 9.64 Å². The van der Waals surface area contributed by atoms with Crippen LogP contribution >= 0.6 is 11.3 Å². The zero-order valence-corrected chi connectivity index (χ0v) is 20.9. The second-order valence-electron chi connectivity index (χ2n) is 7.97. The smallest absolute Gasteiger partial charge is 0.238 e. The van der Waals surface area contributed by atoms with Crippen molar-refractivity contribution in [2.75, 3.05) is 26.8 Å². The first-order valence-corrected chi connectivity index (χ1v) is 13.3. The Hall–Kier alpha value is -2.59. The summed E-state index contributed by atoms with van der Waals surface area (Å²) in [7, 11) is -2.28. The molecule has 2 aromatic carbocycles. The van der Waals surface area contributed by atoms with Crippen molar-refractivity contribution >= 4 is 27.3 Å². The number of ether oxygens (including phenoxy) is 1. The van der Waals surface area contributed by atoms with Crippen LogP contribution in [0.1, 0.15) is 21.6 Å². The highest BCUT2D eigenvalue weighted by atomic mass is 32.2. The SMILES string of the molecule is COCCN(CC(=O)N(Cc1ccc(F)cc1)Cc1sccc1C)S(=O)(=O)Cc1ccccc1. The van der Waals surface area contributed by atoms with Crippen LogP contribution in [0.4, 0.5) is 4.39 Å². The van der Waals surface area contributed by atoms with Crippen LogP contribution in [0.25, 0.3) is 0 Å². The third kappa shape index (κ3) is 7.46. The molecule has 6 nitrogen and oxygen atoms in total. The fourth-order valence-electron chi connectivity index (χ4n) is 3.42.